The van der Waals surface area contributed by atoms with Crippen LogP contribution in [0.15, 0.2) is 77.7 Å². The van der Waals surface area contributed by atoms with E-state index in [1.165, 1.54) is 35.5 Å². The van der Waals surface area contributed by atoms with E-state index in [0.717, 1.165) is 28.7 Å². The molecule has 0 atom stereocenters. The van der Waals surface area contributed by atoms with E-state index in [4.69, 9.17) is 4.74 Å². The summed E-state index contributed by atoms with van der Waals surface area (Å²) in [6.07, 6.45) is 0. The molecule has 1 fully saturated rings. The Labute approximate surface area is 221 Å². The summed E-state index contributed by atoms with van der Waals surface area (Å²) >= 11 is 1.44. The Morgan fingerprint density at radius 3 is 2.38 bits per heavy atom. The van der Waals surface area contributed by atoms with Crippen LogP contribution in [0.25, 0.3) is 10.1 Å². The molecule has 0 bridgehead atoms. The summed E-state index contributed by atoms with van der Waals surface area (Å²) in [5.41, 5.74) is 2.52. The lowest BCUT2D eigenvalue weighted by Gasteiger charge is -2.35. The highest BCUT2D eigenvalue weighted by Gasteiger charge is 2.27. The Morgan fingerprint density at radius 2 is 1.68 bits per heavy atom. The molecule has 0 radical (unpaired) electrons. The third-order valence-corrected chi connectivity index (χ3v) is 9.63. The largest absolute Gasteiger partial charge is 0.495 e. The van der Waals surface area contributed by atoms with E-state index in [0.29, 0.717) is 29.4 Å². The maximum absolute atomic E-state index is 13.4. The van der Waals surface area contributed by atoms with E-state index in [1.807, 2.05) is 54.3 Å². The SMILES string of the molecule is COc1ccc(C)cc1S(=O)(=O)N(C)c1ccc2sc(C(=O)N3CCN(c4ccccc4)CC3)cc2c1. The minimum atomic E-state index is -3.85. The van der Waals surface area contributed by atoms with Crippen LogP contribution >= 0.6 is 11.3 Å². The maximum Gasteiger partial charge on any atom is 0.267 e. The minimum Gasteiger partial charge on any atom is -0.495 e. The Balaban J connectivity index is 1.35. The topological polar surface area (TPSA) is 70.2 Å². The van der Waals surface area contributed by atoms with Gasteiger partial charge >= 0.3 is 0 Å². The van der Waals surface area contributed by atoms with Crippen LogP contribution < -0.4 is 13.9 Å². The van der Waals surface area contributed by atoms with Crippen molar-refractivity contribution < 1.29 is 17.9 Å². The van der Waals surface area contributed by atoms with E-state index < -0.39 is 10.0 Å². The first-order valence-electron chi connectivity index (χ1n) is 12.0. The Morgan fingerprint density at radius 1 is 0.946 bits per heavy atom. The number of anilines is 2. The van der Waals surface area contributed by atoms with E-state index >= 15 is 0 Å². The van der Waals surface area contributed by atoms with Crippen molar-refractivity contribution in [2.75, 3.05) is 49.5 Å². The maximum atomic E-state index is 13.4. The zero-order valence-corrected chi connectivity index (χ0v) is 22.7. The fourth-order valence-corrected chi connectivity index (χ4v) is 7.00. The van der Waals surface area contributed by atoms with Crippen LogP contribution in [0.1, 0.15) is 15.2 Å². The number of amides is 1. The number of fused-ring (bicyclic) bond motifs is 1. The van der Waals surface area contributed by atoms with Gasteiger partial charge in [0.05, 0.1) is 17.7 Å². The highest BCUT2D eigenvalue weighted by Crippen LogP contribution is 2.34. The third-order valence-electron chi connectivity index (χ3n) is 6.72. The molecule has 4 aromatic rings. The Hall–Kier alpha value is -3.56. The minimum absolute atomic E-state index is 0.0148. The molecule has 1 aromatic heterocycles. The first kappa shape index (κ1) is 25.1. The monoisotopic (exact) mass is 535 g/mol. The van der Waals surface area contributed by atoms with Crippen molar-refractivity contribution >= 4 is 48.7 Å². The Kier molecular flexibility index (Phi) is 6.83. The molecule has 1 amide bonds. The molecule has 9 heteroatoms. The van der Waals surface area contributed by atoms with Crippen molar-refractivity contribution in [1.82, 2.24) is 4.90 Å². The van der Waals surface area contributed by atoms with Gasteiger partial charge in [-0.3, -0.25) is 9.10 Å². The van der Waals surface area contributed by atoms with Crippen LogP contribution in [0.3, 0.4) is 0 Å². The number of benzene rings is 3. The number of carbonyl (C=O) groups is 1. The van der Waals surface area contributed by atoms with Crippen molar-refractivity contribution in [2.24, 2.45) is 0 Å². The van der Waals surface area contributed by atoms with Gasteiger partial charge in [-0.05, 0) is 66.4 Å². The van der Waals surface area contributed by atoms with Crippen molar-refractivity contribution in [3.8, 4) is 5.75 Å². The summed E-state index contributed by atoms with van der Waals surface area (Å²) in [4.78, 5) is 18.2. The number of hydrogen-bond acceptors (Lipinski definition) is 6. The predicted molar refractivity (Wildman–Crippen MR) is 150 cm³/mol. The van der Waals surface area contributed by atoms with Crippen molar-refractivity contribution in [2.45, 2.75) is 11.8 Å². The average molecular weight is 536 g/mol. The number of piperazine rings is 1. The summed E-state index contributed by atoms with van der Waals surface area (Å²) in [7, 11) is -0.859. The molecular weight excluding hydrogens is 506 g/mol. The second-order valence-electron chi connectivity index (χ2n) is 9.07. The second kappa shape index (κ2) is 10.1. The number of aryl methyl sites for hydroxylation is 1. The van der Waals surface area contributed by atoms with Crippen LogP contribution in [0.2, 0.25) is 0 Å². The number of hydrogen-bond donors (Lipinski definition) is 0. The first-order chi connectivity index (χ1) is 17.8. The third kappa shape index (κ3) is 4.89. The van der Waals surface area contributed by atoms with Gasteiger partial charge in [0.15, 0.2) is 0 Å². The zero-order chi connectivity index (χ0) is 26.2. The summed E-state index contributed by atoms with van der Waals surface area (Å²) in [6, 6.07) is 22.6. The molecule has 3 aromatic carbocycles. The number of ether oxygens (including phenoxy) is 1. The van der Waals surface area contributed by atoms with Crippen LogP contribution in [0.4, 0.5) is 11.4 Å². The molecule has 0 spiro atoms. The lowest BCUT2D eigenvalue weighted by atomic mass is 10.2. The fourth-order valence-electron chi connectivity index (χ4n) is 4.57. The second-order valence-corrected chi connectivity index (χ2v) is 12.1. The lowest BCUT2D eigenvalue weighted by molar-refractivity contribution is 0.0751. The van der Waals surface area contributed by atoms with Gasteiger partial charge in [0, 0.05) is 43.6 Å². The van der Waals surface area contributed by atoms with E-state index in [2.05, 4.69) is 17.0 Å². The molecule has 5 rings (SSSR count). The molecule has 0 unspecified atom stereocenters. The van der Waals surface area contributed by atoms with Crippen molar-refractivity contribution in [3.05, 3.63) is 83.2 Å². The number of nitrogens with zero attached hydrogens (tertiary/aromatic N) is 3. The van der Waals surface area contributed by atoms with Crippen molar-refractivity contribution in [1.29, 1.82) is 0 Å². The number of para-hydroxylation sites is 1. The van der Waals surface area contributed by atoms with Gasteiger partial charge in [-0.25, -0.2) is 8.42 Å². The molecule has 1 aliphatic heterocycles. The van der Waals surface area contributed by atoms with E-state index in [1.54, 1.807) is 18.2 Å². The molecule has 192 valence electrons. The quantitative estimate of drug-likeness (QED) is 0.347. The molecule has 2 heterocycles. The fraction of sp³-hybridized carbons (Fsp3) is 0.250. The van der Waals surface area contributed by atoms with Crippen LogP contribution in [-0.2, 0) is 10.0 Å². The molecule has 0 N–H and O–H groups in total. The van der Waals surface area contributed by atoms with Gasteiger partial charge in [0.1, 0.15) is 10.6 Å². The van der Waals surface area contributed by atoms with E-state index in [9.17, 15) is 13.2 Å². The van der Waals surface area contributed by atoms with Gasteiger partial charge in [-0.2, -0.15) is 0 Å². The standard InChI is InChI=1S/C28H29N3O4S2/c1-20-9-11-24(35-3)27(17-20)37(33,34)29(2)23-10-12-25-21(18-23)19-26(36-25)28(32)31-15-13-30(14-16-31)22-7-5-4-6-8-22/h4-12,17-19H,13-16H2,1-3H3. The van der Waals surface area contributed by atoms with Crippen LogP contribution in [-0.4, -0.2) is 59.6 Å². The molecule has 0 saturated carbocycles. The van der Waals surface area contributed by atoms with Gasteiger partial charge in [0.2, 0.25) is 0 Å². The molecule has 37 heavy (non-hydrogen) atoms. The molecule has 7 nitrogen and oxygen atoms in total. The van der Waals surface area contributed by atoms with Gasteiger partial charge < -0.3 is 14.5 Å². The van der Waals surface area contributed by atoms with Gasteiger partial charge in [-0.15, -0.1) is 11.3 Å². The number of methoxy groups -OCH3 is 1. The lowest BCUT2D eigenvalue weighted by Crippen LogP contribution is -2.48. The summed E-state index contributed by atoms with van der Waals surface area (Å²) in [5, 5.41) is 0.840. The molecule has 1 saturated heterocycles. The van der Waals surface area contributed by atoms with Crippen molar-refractivity contribution in [3.63, 3.8) is 0 Å². The number of thiophene rings is 1. The highest BCUT2D eigenvalue weighted by atomic mass is 32.2. The number of sulfonamides is 1. The van der Waals surface area contributed by atoms with Gasteiger partial charge in [0.25, 0.3) is 15.9 Å². The smallest absolute Gasteiger partial charge is 0.267 e. The Bertz CT molecular complexity index is 1540. The summed E-state index contributed by atoms with van der Waals surface area (Å²) in [5.74, 6) is 0.315. The van der Waals surface area contributed by atoms with Gasteiger partial charge in [-0.1, -0.05) is 24.3 Å². The molecule has 0 aliphatic carbocycles. The molecular formula is C28H29N3O4S2. The number of rotatable bonds is 6. The summed E-state index contributed by atoms with van der Waals surface area (Å²) < 4.78 is 34.4. The van der Waals surface area contributed by atoms with Crippen LogP contribution in [0.5, 0.6) is 5.75 Å². The zero-order valence-electron chi connectivity index (χ0n) is 21.0. The average Bonchev–Trinajstić information content (AvgIpc) is 3.36. The summed E-state index contributed by atoms with van der Waals surface area (Å²) in [6.45, 7) is 4.74. The highest BCUT2D eigenvalue weighted by molar-refractivity contribution is 7.93. The molecule has 1 aliphatic rings. The van der Waals surface area contributed by atoms with Crippen LogP contribution in [0, 0.1) is 6.92 Å². The number of carbonyl (C=O) groups excluding carboxylic acids is 1. The first-order valence-corrected chi connectivity index (χ1v) is 14.3. The predicted octanol–water partition coefficient (Wildman–Crippen LogP) is 5.01. The normalized spacial score (nSPS) is 14.1. The van der Waals surface area contributed by atoms with E-state index in [-0.39, 0.29) is 10.8 Å².